The van der Waals surface area contributed by atoms with Crippen LogP contribution in [-0.4, -0.2) is 48.7 Å². The Bertz CT molecular complexity index is 397. The molecule has 1 heterocycles. The van der Waals surface area contributed by atoms with Crippen LogP contribution in [0.1, 0.15) is 58.3 Å². The van der Waals surface area contributed by atoms with Gasteiger partial charge in [0.25, 0.3) is 10.2 Å². The molecule has 0 aromatic carbocycles. The predicted molar refractivity (Wildman–Crippen MR) is 81.6 cm³/mol. The molecule has 20 heavy (non-hydrogen) atoms. The van der Waals surface area contributed by atoms with Gasteiger partial charge in [-0.2, -0.15) is 17.0 Å². The summed E-state index contributed by atoms with van der Waals surface area (Å²) in [5.41, 5.74) is 5.64. The minimum Gasteiger partial charge on any atom is -0.329 e. The van der Waals surface area contributed by atoms with Gasteiger partial charge in [-0.05, 0) is 25.7 Å². The first-order valence-corrected chi connectivity index (χ1v) is 9.44. The van der Waals surface area contributed by atoms with Crippen molar-refractivity contribution in [2.75, 3.05) is 26.2 Å². The van der Waals surface area contributed by atoms with Crippen LogP contribution in [0.5, 0.6) is 0 Å². The molecule has 0 aromatic heterocycles. The monoisotopic (exact) mass is 303 g/mol. The third-order valence-corrected chi connectivity index (χ3v) is 7.12. The van der Waals surface area contributed by atoms with E-state index in [0.717, 1.165) is 51.4 Å². The second-order valence-electron chi connectivity index (χ2n) is 6.12. The Morgan fingerprint density at radius 2 is 1.60 bits per heavy atom. The van der Waals surface area contributed by atoms with Crippen LogP contribution in [-0.2, 0) is 10.2 Å². The zero-order valence-electron chi connectivity index (χ0n) is 12.7. The summed E-state index contributed by atoms with van der Waals surface area (Å²) < 4.78 is 29.4. The molecule has 1 aliphatic carbocycles. The molecule has 0 radical (unpaired) electrons. The molecule has 2 aliphatic rings. The molecule has 2 N–H and O–H groups in total. The summed E-state index contributed by atoms with van der Waals surface area (Å²) >= 11 is 0. The first kappa shape index (κ1) is 16.2. The molecule has 5 nitrogen and oxygen atoms in total. The van der Waals surface area contributed by atoms with Crippen LogP contribution in [0.2, 0.25) is 0 Å². The van der Waals surface area contributed by atoms with Crippen molar-refractivity contribution in [1.29, 1.82) is 0 Å². The van der Waals surface area contributed by atoms with E-state index in [1.807, 2.05) is 6.92 Å². The summed E-state index contributed by atoms with van der Waals surface area (Å²) in [5.74, 6) is 0. The number of hydrogen-bond acceptors (Lipinski definition) is 3. The van der Waals surface area contributed by atoms with Crippen molar-refractivity contribution >= 4 is 10.2 Å². The Morgan fingerprint density at radius 1 is 1.05 bits per heavy atom. The van der Waals surface area contributed by atoms with E-state index >= 15 is 0 Å². The summed E-state index contributed by atoms with van der Waals surface area (Å²) in [5, 5.41) is 0. The molecule has 0 unspecified atom stereocenters. The molecule has 6 heteroatoms. The van der Waals surface area contributed by atoms with E-state index in [4.69, 9.17) is 5.73 Å². The van der Waals surface area contributed by atoms with Crippen molar-refractivity contribution in [2.24, 2.45) is 5.73 Å². The molecule has 0 amide bonds. The lowest BCUT2D eigenvalue weighted by atomic mass is 9.98. The molecule has 2 rings (SSSR count). The van der Waals surface area contributed by atoms with Gasteiger partial charge in [-0.25, -0.2) is 0 Å². The van der Waals surface area contributed by atoms with Crippen LogP contribution in [0, 0.1) is 0 Å². The second-order valence-corrected chi connectivity index (χ2v) is 7.97. The summed E-state index contributed by atoms with van der Waals surface area (Å²) in [6, 6.07) is 0. The van der Waals surface area contributed by atoms with Crippen molar-refractivity contribution in [3.05, 3.63) is 0 Å². The van der Waals surface area contributed by atoms with Crippen LogP contribution in [0.15, 0.2) is 0 Å². The van der Waals surface area contributed by atoms with E-state index < -0.39 is 10.2 Å². The fraction of sp³-hybridized carbons (Fsp3) is 1.00. The Morgan fingerprint density at radius 3 is 2.05 bits per heavy atom. The van der Waals surface area contributed by atoms with Crippen LogP contribution < -0.4 is 5.73 Å². The number of nitrogens with two attached hydrogens (primary N) is 1. The summed E-state index contributed by atoms with van der Waals surface area (Å²) in [4.78, 5) is 0. The van der Waals surface area contributed by atoms with Crippen molar-refractivity contribution < 1.29 is 8.42 Å². The molecular weight excluding hydrogens is 274 g/mol. The zero-order valence-corrected chi connectivity index (χ0v) is 13.5. The van der Waals surface area contributed by atoms with Gasteiger partial charge in [0.05, 0.1) is 0 Å². The lowest BCUT2D eigenvalue weighted by molar-refractivity contribution is 0.189. The number of likely N-dealkylation sites (N-methyl/N-ethyl adjacent to an activating group) is 1. The molecule has 1 aliphatic heterocycles. The maximum Gasteiger partial charge on any atom is 0.282 e. The van der Waals surface area contributed by atoms with E-state index in [1.165, 1.54) is 0 Å². The Kier molecular flexibility index (Phi) is 5.45. The largest absolute Gasteiger partial charge is 0.329 e. The van der Waals surface area contributed by atoms with Crippen molar-refractivity contribution in [3.63, 3.8) is 0 Å². The van der Waals surface area contributed by atoms with E-state index in [-0.39, 0.29) is 5.54 Å². The first-order chi connectivity index (χ1) is 9.57. The molecule has 0 bridgehead atoms. The van der Waals surface area contributed by atoms with E-state index in [9.17, 15) is 8.42 Å². The number of nitrogens with zero attached hydrogens (tertiary/aromatic N) is 2. The summed E-state index contributed by atoms with van der Waals surface area (Å²) in [7, 11) is -3.36. The van der Waals surface area contributed by atoms with Gasteiger partial charge in [-0.15, -0.1) is 0 Å². The summed E-state index contributed by atoms with van der Waals surface area (Å²) in [6.45, 7) is 4.23. The summed E-state index contributed by atoms with van der Waals surface area (Å²) in [6.07, 6.45) is 8.22. The normalized spacial score (nSPS) is 24.9. The molecule has 0 atom stereocenters. The van der Waals surface area contributed by atoms with Gasteiger partial charge >= 0.3 is 0 Å². The molecule has 1 saturated heterocycles. The van der Waals surface area contributed by atoms with E-state index in [0.29, 0.717) is 26.2 Å². The number of hydrogen-bond donors (Lipinski definition) is 1. The fourth-order valence-electron chi connectivity index (χ4n) is 3.74. The molecule has 2 fully saturated rings. The van der Waals surface area contributed by atoms with Crippen molar-refractivity contribution in [1.82, 2.24) is 8.61 Å². The third kappa shape index (κ3) is 3.03. The average molecular weight is 303 g/mol. The highest BCUT2D eigenvalue weighted by Gasteiger charge is 2.45. The molecule has 0 spiro atoms. The number of rotatable bonds is 5. The van der Waals surface area contributed by atoms with Gasteiger partial charge in [0.1, 0.15) is 0 Å². The highest BCUT2D eigenvalue weighted by molar-refractivity contribution is 7.86. The SMILES string of the molecule is CCN(C1(CN)CCCC1)S(=O)(=O)N1CCCCCC1. The fourth-order valence-corrected chi connectivity index (χ4v) is 5.81. The van der Waals surface area contributed by atoms with Crippen molar-refractivity contribution in [3.8, 4) is 0 Å². The first-order valence-electron chi connectivity index (χ1n) is 8.05. The highest BCUT2D eigenvalue weighted by Crippen LogP contribution is 2.37. The molecule has 118 valence electrons. The van der Waals surface area contributed by atoms with Gasteiger partial charge in [0.2, 0.25) is 0 Å². The quantitative estimate of drug-likeness (QED) is 0.840. The average Bonchev–Trinajstić information content (AvgIpc) is 2.74. The molecule has 0 aromatic rings. The Labute approximate surface area is 123 Å². The molecule has 1 saturated carbocycles. The van der Waals surface area contributed by atoms with Gasteiger partial charge < -0.3 is 5.73 Å². The van der Waals surface area contributed by atoms with Gasteiger partial charge in [-0.3, -0.25) is 0 Å². The second kappa shape index (κ2) is 6.73. The van der Waals surface area contributed by atoms with Crippen molar-refractivity contribution in [2.45, 2.75) is 63.8 Å². The van der Waals surface area contributed by atoms with Gasteiger partial charge in [0, 0.05) is 31.7 Å². The highest BCUT2D eigenvalue weighted by atomic mass is 32.2. The van der Waals surface area contributed by atoms with Crippen LogP contribution >= 0.6 is 0 Å². The van der Waals surface area contributed by atoms with E-state index in [1.54, 1.807) is 8.61 Å². The van der Waals surface area contributed by atoms with Crippen LogP contribution in [0.3, 0.4) is 0 Å². The minimum absolute atomic E-state index is 0.333. The minimum atomic E-state index is -3.36. The lowest BCUT2D eigenvalue weighted by Crippen LogP contribution is -2.58. The van der Waals surface area contributed by atoms with Crippen LogP contribution in [0.4, 0.5) is 0 Å². The third-order valence-electron chi connectivity index (χ3n) is 4.90. The maximum absolute atomic E-state index is 13.0. The Hall–Kier alpha value is -0.170. The predicted octanol–water partition coefficient (Wildman–Crippen LogP) is 1.70. The van der Waals surface area contributed by atoms with Crippen LogP contribution in [0.25, 0.3) is 0 Å². The molecular formula is C14H29N3O2S. The van der Waals surface area contributed by atoms with E-state index in [2.05, 4.69) is 0 Å². The van der Waals surface area contributed by atoms with Gasteiger partial charge in [-0.1, -0.05) is 32.6 Å². The topological polar surface area (TPSA) is 66.6 Å². The lowest BCUT2D eigenvalue weighted by Gasteiger charge is -2.41. The van der Waals surface area contributed by atoms with Gasteiger partial charge in [0.15, 0.2) is 0 Å². The standard InChI is InChI=1S/C14H29N3O2S/c1-2-17(14(13-15)9-5-6-10-14)20(18,19)16-11-7-3-4-8-12-16/h2-13,15H2,1H3. The zero-order chi connectivity index (χ0) is 14.6. The maximum atomic E-state index is 13.0. The Balaban J connectivity index is 2.24. The smallest absolute Gasteiger partial charge is 0.282 e.